The van der Waals surface area contributed by atoms with E-state index in [1.165, 1.54) is 0 Å². The minimum absolute atomic E-state index is 0.404. The fraction of sp³-hybridized carbons (Fsp3) is 0.471. The molecular formula is C17H23NO3. The first-order valence-corrected chi connectivity index (χ1v) is 6.94. The molecule has 0 unspecified atom stereocenters. The summed E-state index contributed by atoms with van der Waals surface area (Å²) in [6, 6.07) is 5.20. The maximum absolute atomic E-state index is 11.8. The fourth-order valence-electron chi connectivity index (χ4n) is 1.52. The van der Waals surface area contributed by atoms with Crippen molar-refractivity contribution in [1.29, 1.82) is 0 Å². The van der Waals surface area contributed by atoms with E-state index in [-0.39, 0.29) is 0 Å². The molecule has 0 aromatic heterocycles. The van der Waals surface area contributed by atoms with Crippen LogP contribution in [0.3, 0.4) is 0 Å². The monoisotopic (exact) mass is 289 g/mol. The van der Waals surface area contributed by atoms with Crippen LogP contribution in [0.4, 0.5) is 10.5 Å². The molecule has 114 valence electrons. The van der Waals surface area contributed by atoms with Crippen LogP contribution in [0.5, 0.6) is 5.75 Å². The Kier molecular flexibility index (Phi) is 5.66. The lowest BCUT2D eigenvalue weighted by atomic mass is 10.2. The van der Waals surface area contributed by atoms with E-state index >= 15 is 0 Å². The molecule has 0 spiro atoms. The molecule has 0 atom stereocenters. The van der Waals surface area contributed by atoms with E-state index in [4.69, 9.17) is 15.9 Å². The van der Waals surface area contributed by atoms with Gasteiger partial charge in [-0.1, -0.05) is 19.8 Å². The number of carbonyl (C=O) groups is 1. The van der Waals surface area contributed by atoms with Gasteiger partial charge < -0.3 is 9.47 Å². The second-order valence-corrected chi connectivity index (χ2v) is 6.22. The molecule has 0 aliphatic carbocycles. The molecule has 0 fully saturated rings. The first kappa shape index (κ1) is 16.9. The average Bonchev–Trinajstić information content (AvgIpc) is 2.33. The van der Waals surface area contributed by atoms with E-state index in [0.29, 0.717) is 29.5 Å². The number of carbonyl (C=O) groups excluding carboxylic acids is 1. The van der Waals surface area contributed by atoms with Crippen LogP contribution in [0.25, 0.3) is 0 Å². The van der Waals surface area contributed by atoms with Crippen molar-refractivity contribution in [3.8, 4) is 18.1 Å². The number of ether oxygens (including phenoxy) is 2. The number of terminal acetylenes is 1. The van der Waals surface area contributed by atoms with Crippen molar-refractivity contribution in [1.82, 2.24) is 0 Å². The van der Waals surface area contributed by atoms with Gasteiger partial charge in [-0.2, -0.15) is 0 Å². The van der Waals surface area contributed by atoms with Gasteiger partial charge in [-0.3, -0.25) is 5.32 Å². The molecule has 1 aromatic rings. The SMILES string of the molecule is C#Cc1cc(NC(=O)OC(C)(C)C)cc(OCC(C)C)c1. The van der Waals surface area contributed by atoms with Crippen molar-refractivity contribution in [3.05, 3.63) is 23.8 Å². The predicted molar refractivity (Wildman–Crippen MR) is 84.6 cm³/mol. The molecule has 0 aliphatic rings. The Morgan fingerprint density at radius 1 is 1.33 bits per heavy atom. The molecule has 1 aromatic carbocycles. The summed E-state index contributed by atoms with van der Waals surface area (Å²) in [7, 11) is 0. The molecule has 0 saturated carbocycles. The van der Waals surface area contributed by atoms with E-state index in [9.17, 15) is 4.79 Å². The maximum Gasteiger partial charge on any atom is 0.412 e. The van der Waals surface area contributed by atoms with E-state index < -0.39 is 11.7 Å². The zero-order chi connectivity index (χ0) is 16.0. The average molecular weight is 289 g/mol. The second-order valence-electron chi connectivity index (χ2n) is 6.22. The number of benzene rings is 1. The van der Waals surface area contributed by atoms with Gasteiger partial charge in [0, 0.05) is 17.3 Å². The summed E-state index contributed by atoms with van der Waals surface area (Å²) in [5, 5.41) is 2.66. The largest absolute Gasteiger partial charge is 0.493 e. The Balaban J connectivity index is 2.84. The van der Waals surface area contributed by atoms with Crippen molar-refractivity contribution in [2.45, 2.75) is 40.2 Å². The summed E-state index contributed by atoms with van der Waals surface area (Å²) in [5.41, 5.74) is 0.644. The summed E-state index contributed by atoms with van der Waals surface area (Å²) in [6.45, 7) is 10.1. The minimum atomic E-state index is -0.551. The van der Waals surface area contributed by atoms with Gasteiger partial charge in [0.15, 0.2) is 0 Å². The Bertz CT molecular complexity index is 536. The third kappa shape index (κ3) is 6.71. The van der Waals surface area contributed by atoms with Crippen LogP contribution in [0.1, 0.15) is 40.2 Å². The lowest BCUT2D eigenvalue weighted by Crippen LogP contribution is -2.27. The zero-order valence-corrected chi connectivity index (χ0v) is 13.3. The minimum Gasteiger partial charge on any atom is -0.493 e. The summed E-state index contributed by atoms with van der Waals surface area (Å²) in [6.07, 6.45) is 4.90. The molecule has 0 saturated heterocycles. The summed E-state index contributed by atoms with van der Waals surface area (Å²) in [4.78, 5) is 11.8. The summed E-state index contributed by atoms with van der Waals surface area (Å²) < 4.78 is 10.9. The highest BCUT2D eigenvalue weighted by atomic mass is 16.6. The third-order valence-electron chi connectivity index (χ3n) is 2.30. The molecule has 0 radical (unpaired) electrons. The van der Waals surface area contributed by atoms with Crippen LogP contribution in [-0.4, -0.2) is 18.3 Å². The highest BCUT2D eigenvalue weighted by Crippen LogP contribution is 2.22. The van der Waals surface area contributed by atoms with Crippen molar-refractivity contribution >= 4 is 11.8 Å². The lowest BCUT2D eigenvalue weighted by molar-refractivity contribution is 0.0636. The normalized spacial score (nSPS) is 10.9. The topological polar surface area (TPSA) is 47.6 Å². The van der Waals surface area contributed by atoms with E-state index in [2.05, 4.69) is 25.1 Å². The lowest BCUT2D eigenvalue weighted by Gasteiger charge is -2.20. The standard InChI is InChI=1S/C17H23NO3/c1-7-13-8-14(18-16(19)21-17(4,5)6)10-15(9-13)20-11-12(2)3/h1,8-10,12H,11H2,2-6H3,(H,18,19). The smallest absolute Gasteiger partial charge is 0.412 e. The molecule has 0 aliphatic heterocycles. The van der Waals surface area contributed by atoms with Gasteiger partial charge in [-0.05, 0) is 38.8 Å². The Hall–Kier alpha value is -2.15. The number of hydrogen-bond acceptors (Lipinski definition) is 3. The van der Waals surface area contributed by atoms with Crippen LogP contribution >= 0.6 is 0 Å². The molecule has 1 amide bonds. The van der Waals surface area contributed by atoms with E-state index in [0.717, 1.165) is 0 Å². The molecule has 1 N–H and O–H groups in total. The first-order valence-electron chi connectivity index (χ1n) is 6.94. The zero-order valence-electron chi connectivity index (χ0n) is 13.3. The first-order chi connectivity index (χ1) is 9.69. The van der Waals surface area contributed by atoms with Gasteiger partial charge in [0.05, 0.1) is 6.61 Å². The van der Waals surface area contributed by atoms with Gasteiger partial charge in [0.1, 0.15) is 11.4 Å². The van der Waals surface area contributed by atoms with E-state index in [1.54, 1.807) is 18.2 Å². The van der Waals surface area contributed by atoms with Gasteiger partial charge in [-0.15, -0.1) is 6.42 Å². The highest BCUT2D eigenvalue weighted by molar-refractivity contribution is 5.85. The number of hydrogen-bond donors (Lipinski definition) is 1. The quantitative estimate of drug-likeness (QED) is 0.851. The summed E-state index contributed by atoms with van der Waals surface area (Å²) >= 11 is 0. The van der Waals surface area contributed by atoms with Gasteiger partial charge in [0.2, 0.25) is 0 Å². The second kappa shape index (κ2) is 7.03. The number of rotatable bonds is 4. The van der Waals surface area contributed by atoms with Gasteiger partial charge in [0.25, 0.3) is 0 Å². The van der Waals surface area contributed by atoms with Crippen LogP contribution in [0.2, 0.25) is 0 Å². The van der Waals surface area contributed by atoms with Crippen LogP contribution < -0.4 is 10.1 Å². The van der Waals surface area contributed by atoms with Crippen molar-refractivity contribution in [2.24, 2.45) is 5.92 Å². The molecular weight excluding hydrogens is 266 g/mol. The molecule has 1 rings (SSSR count). The Morgan fingerprint density at radius 3 is 2.52 bits per heavy atom. The molecule has 4 nitrogen and oxygen atoms in total. The predicted octanol–water partition coefficient (Wildman–Crippen LogP) is 4.05. The van der Waals surface area contributed by atoms with E-state index in [1.807, 2.05) is 20.8 Å². The number of anilines is 1. The van der Waals surface area contributed by atoms with Gasteiger partial charge in [-0.25, -0.2) is 4.79 Å². The molecule has 0 heterocycles. The van der Waals surface area contributed by atoms with Crippen LogP contribution in [-0.2, 0) is 4.74 Å². The summed E-state index contributed by atoms with van der Waals surface area (Å²) in [5.74, 6) is 3.58. The Labute approximate surface area is 126 Å². The van der Waals surface area contributed by atoms with Crippen LogP contribution in [0, 0.1) is 18.3 Å². The molecule has 21 heavy (non-hydrogen) atoms. The Morgan fingerprint density at radius 2 is 2.00 bits per heavy atom. The maximum atomic E-state index is 11.8. The third-order valence-corrected chi connectivity index (χ3v) is 2.30. The van der Waals surface area contributed by atoms with Crippen molar-refractivity contribution in [3.63, 3.8) is 0 Å². The van der Waals surface area contributed by atoms with Gasteiger partial charge >= 0.3 is 6.09 Å². The molecule has 0 bridgehead atoms. The van der Waals surface area contributed by atoms with Crippen molar-refractivity contribution in [2.75, 3.05) is 11.9 Å². The number of nitrogens with one attached hydrogen (secondary N) is 1. The number of amides is 1. The highest BCUT2D eigenvalue weighted by Gasteiger charge is 2.16. The van der Waals surface area contributed by atoms with Crippen molar-refractivity contribution < 1.29 is 14.3 Å². The molecule has 4 heteroatoms. The fourth-order valence-corrected chi connectivity index (χ4v) is 1.52. The van der Waals surface area contributed by atoms with Crippen LogP contribution in [0.15, 0.2) is 18.2 Å².